The third-order valence-corrected chi connectivity index (χ3v) is 3.47. The van der Waals surface area contributed by atoms with Crippen LogP contribution in [0.2, 0.25) is 0 Å². The minimum absolute atomic E-state index is 0.0234. The molecule has 1 aliphatic carbocycles. The summed E-state index contributed by atoms with van der Waals surface area (Å²) in [6, 6.07) is -0.384. The summed E-state index contributed by atoms with van der Waals surface area (Å²) in [5, 5.41) is 2.95. The fourth-order valence-electron chi connectivity index (χ4n) is 2.22. The number of nitrogens with two attached hydrogens (primary N) is 1. The number of carbonyl (C=O) groups excluding carboxylic acids is 1. The normalized spacial score (nSPS) is 21.9. The van der Waals surface area contributed by atoms with Crippen LogP contribution in [0.5, 0.6) is 0 Å². The molecule has 1 amide bonds. The van der Waals surface area contributed by atoms with E-state index >= 15 is 0 Å². The molecule has 0 spiro atoms. The first-order valence-corrected chi connectivity index (χ1v) is 5.63. The van der Waals surface area contributed by atoms with Gasteiger partial charge in [0.05, 0.1) is 6.04 Å². The van der Waals surface area contributed by atoms with Crippen molar-refractivity contribution in [1.82, 2.24) is 5.32 Å². The van der Waals surface area contributed by atoms with Gasteiger partial charge in [-0.05, 0) is 31.6 Å². The van der Waals surface area contributed by atoms with E-state index < -0.39 is 0 Å². The number of amides is 1. The number of hydrogen-bond acceptors (Lipinski definition) is 2. The van der Waals surface area contributed by atoms with Crippen LogP contribution in [0.15, 0.2) is 0 Å². The van der Waals surface area contributed by atoms with Crippen LogP contribution in [-0.4, -0.2) is 18.5 Å². The lowest BCUT2D eigenvalue weighted by Crippen LogP contribution is -2.43. The zero-order valence-corrected chi connectivity index (χ0v) is 9.31. The van der Waals surface area contributed by atoms with Gasteiger partial charge in [-0.25, -0.2) is 0 Å². The van der Waals surface area contributed by atoms with Crippen LogP contribution < -0.4 is 11.1 Å². The van der Waals surface area contributed by atoms with Crippen molar-refractivity contribution >= 4 is 5.91 Å². The van der Waals surface area contributed by atoms with Gasteiger partial charge in [-0.1, -0.05) is 19.8 Å². The molecular weight excluding hydrogens is 176 g/mol. The number of nitrogens with one attached hydrogen (secondary N) is 1. The van der Waals surface area contributed by atoms with Gasteiger partial charge in [0.15, 0.2) is 0 Å². The molecule has 0 saturated heterocycles. The molecule has 0 aromatic heterocycles. The van der Waals surface area contributed by atoms with Crippen LogP contribution >= 0.6 is 0 Å². The minimum Gasteiger partial charge on any atom is -0.354 e. The largest absolute Gasteiger partial charge is 0.354 e. The van der Waals surface area contributed by atoms with Gasteiger partial charge in [0.1, 0.15) is 0 Å². The molecule has 1 fully saturated rings. The zero-order chi connectivity index (χ0) is 10.6. The Balaban J connectivity index is 2.38. The molecule has 1 atom stereocenters. The maximum absolute atomic E-state index is 11.3. The van der Waals surface area contributed by atoms with E-state index in [1.807, 2.05) is 0 Å². The quantitative estimate of drug-likeness (QED) is 0.718. The van der Waals surface area contributed by atoms with Crippen molar-refractivity contribution in [2.24, 2.45) is 11.1 Å². The molecule has 3 heteroatoms. The SMILES string of the molecule is CCC1(CNC(=O)[C@@H](C)N)CCCC1. The summed E-state index contributed by atoms with van der Waals surface area (Å²) in [4.78, 5) is 11.3. The summed E-state index contributed by atoms with van der Waals surface area (Å²) >= 11 is 0. The van der Waals surface area contributed by atoms with Crippen LogP contribution in [0.1, 0.15) is 46.0 Å². The molecule has 0 aliphatic heterocycles. The fourth-order valence-corrected chi connectivity index (χ4v) is 2.22. The molecule has 0 aromatic carbocycles. The van der Waals surface area contributed by atoms with E-state index in [2.05, 4.69) is 12.2 Å². The van der Waals surface area contributed by atoms with Gasteiger partial charge in [-0.2, -0.15) is 0 Å². The summed E-state index contributed by atoms with van der Waals surface area (Å²) in [7, 11) is 0. The van der Waals surface area contributed by atoms with E-state index in [1.165, 1.54) is 25.7 Å². The van der Waals surface area contributed by atoms with Crippen molar-refractivity contribution in [3.05, 3.63) is 0 Å². The van der Waals surface area contributed by atoms with Crippen LogP contribution in [0.3, 0.4) is 0 Å². The van der Waals surface area contributed by atoms with Crippen molar-refractivity contribution in [2.45, 2.75) is 52.0 Å². The van der Waals surface area contributed by atoms with E-state index in [0.717, 1.165) is 13.0 Å². The summed E-state index contributed by atoms with van der Waals surface area (Å²) in [5.74, 6) is -0.0234. The van der Waals surface area contributed by atoms with E-state index in [9.17, 15) is 4.79 Å². The van der Waals surface area contributed by atoms with Crippen LogP contribution in [-0.2, 0) is 4.79 Å². The van der Waals surface area contributed by atoms with Gasteiger partial charge in [-0.3, -0.25) is 4.79 Å². The van der Waals surface area contributed by atoms with E-state index in [1.54, 1.807) is 6.92 Å². The summed E-state index contributed by atoms with van der Waals surface area (Å²) < 4.78 is 0. The number of rotatable bonds is 4. The second kappa shape index (κ2) is 4.78. The van der Waals surface area contributed by atoms with Crippen molar-refractivity contribution in [1.29, 1.82) is 0 Å². The van der Waals surface area contributed by atoms with Crippen molar-refractivity contribution in [3.8, 4) is 0 Å². The highest BCUT2D eigenvalue weighted by atomic mass is 16.2. The van der Waals surface area contributed by atoms with E-state index in [0.29, 0.717) is 5.41 Å². The highest BCUT2D eigenvalue weighted by Crippen LogP contribution is 2.40. The van der Waals surface area contributed by atoms with Crippen molar-refractivity contribution < 1.29 is 4.79 Å². The molecule has 1 saturated carbocycles. The Morgan fingerprint density at radius 3 is 2.50 bits per heavy atom. The Morgan fingerprint density at radius 1 is 1.50 bits per heavy atom. The monoisotopic (exact) mass is 198 g/mol. The first-order valence-electron chi connectivity index (χ1n) is 5.63. The second-order valence-electron chi connectivity index (χ2n) is 4.57. The average molecular weight is 198 g/mol. The topological polar surface area (TPSA) is 55.1 Å². The van der Waals surface area contributed by atoms with Gasteiger partial charge >= 0.3 is 0 Å². The third-order valence-electron chi connectivity index (χ3n) is 3.47. The average Bonchev–Trinajstić information content (AvgIpc) is 2.63. The third kappa shape index (κ3) is 2.71. The predicted octanol–water partition coefficient (Wildman–Crippen LogP) is 1.42. The lowest BCUT2D eigenvalue weighted by atomic mass is 9.83. The molecule has 3 nitrogen and oxygen atoms in total. The Kier molecular flexibility index (Phi) is 3.93. The number of hydrogen-bond donors (Lipinski definition) is 2. The molecule has 0 aromatic rings. The molecule has 0 radical (unpaired) electrons. The Bertz CT molecular complexity index is 195. The smallest absolute Gasteiger partial charge is 0.236 e. The lowest BCUT2D eigenvalue weighted by Gasteiger charge is -2.28. The highest BCUT2D eigenvalue weighted by molar-refractivity contribution is 5.80. The lowest BCUT2D eigenvalue weighted by molar-refractivity contribution is -0.122. The molecule has 0 unspecified atom stereocenters. The zero-order valence-electron chi connectivity index (χ0n) is 9.31. The van der Waals surface area contributed by atoms with Crippen LogP contribution in [0, 0.1) is 5.41 Å². The van der Waals surface area contributed by atoms with Gasteiger partial charge < -0.3 is 11.1 Å². The van der Waals surface area contributed by atoms with E-state index in [4.69, 9.17) is 5.73 Å². The molecule has 1 aliphatic rings. The maximum Gasteiger partial charge on any atom is 0.236 e. The first-order chi connectivity index (χ1) is 6.59. The highest BCUT2D eigenvalue weighted by Gasteiger charge is 2.32. The van der Waals surface area contributed by atoms with Gasteiger partial charge in [0.25, 0.3) is 0 Å². The van der Waals surface area contributed by atoms with E-state index in [-0.39, 0.29) is 11.9 Å². The summed E-state index contributed by atoms with van der Waals surface area (Å²) in [6.45, 7) is 4.75. The molecule has 1 rings (SSSR count). The predicted molar refractivity (Wildman–Crippen MR) is 57.9 cm³/mol. The van der Waals surface area contributed by atoms with Crippen molar-refractivity contribution in [2.75, 3.05) is 6.54 Å². The molecule has 0 heterocycles. The van der Waals surface area contributed by atoms with Crippen molar-refractivity contribution in [3.63, 3.8) is 0 Å². The van der Waals surface area contributed by atoms with Crippen LogP contribution in [0.25, 0.3) is 0 Å². The first kappa shape index (κ1) is 11.5. The molecule has 0 bridgehead atoms. The number of carbonyl (C=O) groups is 1. The summed E-state index contributed by atoms with van der Waals surface area (Å²) in [6.07, 6.45) is 6.28. The van der Waals surface area contributed by atoms with Gasteiger partial charge in [-0.15, -0.1) is 0 Å². The fraction of sp³-hybridized carbons (Fsp3) is 0.909. The molecular formula is C11H22N2O. The van der Waals surface area contributed by atoms with Gasteiger partial charge in [0.2, 0.25) is 5.91 Å². The Morgan fingerprint density at radius 2 is 2.07 bits per heavy atom. The minimum atomic E-state index is -0.384. The Labute approximate surface area is 86.4 Å². The Hall–Kier alpha value is -0.570. The van der Waals surface area contributed by atoms with Gasteiger partial charge in [0, 0.05) is 6.54 Å². The summed E-state index contributed by atoms with van der Waals surface area (Å²) in [5.41, 5.74) is 5.86. The standard InChI is InChI=1S/C11H22N2O/c1-3-11(6-4-5-7-11)8-13-10(14)9(2)12/h9H,3-8,12H2,1-2H3,(H,13,14)/t9-/m1/s1. The second-order valence-corrected chi connectivity index (χ2v) is 4.57. The van der Waals surface area contributed by atoms with Crippen LogP contribution in [0.4, 0.5) is 0 Å². The maximum atomic E-state index is 11.3. The molecule has 3 N–H and O–H groups in total. The molecule has 14 heavy (non-hydrogen) atoms. The molecule has 82 valence electrons.